The van der Waals surface area contributed by atoms with Crippen LogP contribution in [0.4, 0.5) is 10.1 Å². The summed E-state index contributed by atoms with van der Waals surface area (Å²) in [6.07, 6.45) is 2.23. The van der Waals surface area contributed by atoms with E-state index in [1.165, 1.54) is 11.3 Å². The molecule has 1 heterocycles. The van der Waals surface area contributed by atoms with Crippen molar-refractivity contribution in [2.75, 3.05) is 25.1 Å². The number of fused-ring (bicyclic) bond motifs is 1. The Morgan fingerprint density at radius 3 is 3.21 bits per heavy atom. The van der Waals surface area contributed by atoms with E-state index in [4.69, 9.17) is 4.74 Å². The van der Waals surface area contributed by atoms with Gasteiger partial charge in [0.05, 0.1) is 0 Å². The number of benzene rings is 1. The highest BCUT2D eigenvalue weighted by molar-refractivity contribution is 5.55. The molecule has 0 bridgehead atoms. The monoisotopic (exact) mass is 195 g/mol. The Balaban J connectivity index is 2.12. The summed E-state index contributed by atoms with van der Waals surface area (Å²) in [5.41, 5.74) is 2.46. The van der Waals surface area contributed by atoms with Gasteiger partial charge in [0.25, 0.3) is 0 Å². The molecule has 0 saturated carbocycles. The van der Waals surface area contributed by atoms with E-state index in [0.717, 1.165) is 25.1 Å². The largest absolute Gasteiger partial charge is 0.491 e. The third-order valence-corrected chi connectivity index (χ3v) is 2.36. The Labute approximate surface area is 83.1 Å². The van der Waals surface area contributed by atoms with E-state index in [1.54, 1.807) is 0 Å². The number of halogens is 1. The van der Waals surface area contributed by atoms with Gasteiger partial charge in [-0.3, -0.25) is 0 Å². The molecule has 2 rings (SSSR count). The van der Waals surface area contributed by atoms with Crippen molar-refractivity contribution in [3.8, 4) is 5.75 Å². The quantitative estimate of drug-likeness (QED) is 0.799. The molecule has 2 nitrogen and oxygen atoms in total. The number of alkyl halides is 1. The van der Waals surface area contributed by atoms with Crippen molar-refractivity contribution in [1.82, 2.24) is 0 Å². The van der Waals surface area contributed by atoms with E-state index in [2.05, 4.69) is 5.32 Å². The molecule has 0 spiro atoms. The normalized spacial score (nSPS) is 14.4. The third kappa shape index (κ3) is 1.97. The molecule has 1 aromatic rings. The second kappa shape index (κ2) is 4.31. The maximum Gasteiger partial charge on any atom is 0.123 e. The Bertz CT molecular complexity index is 314. The lowest BCUT2D eigenvalue weighted by molar-refractivity contribution is 0.273. The second-order valence-electron chi connectivity index (χ2n) is 3.39. The number of aryl methyl sites for hydroxylation is 1. The lowest BCUT2D eigenvalue weighted by Crippen LogP contribution is -2.11. The molecule has 14 heavy (non-hydrogen) atoms. The summed E-state index contributed by atoms with van der Waals surface area (Å²) < 4.78 is 17.1. The zero-order chi connectivity index (χ0) is 9.80. The molecule has 0 amide bonds. The van der Waals surface area contributed by atoms with Gasteiger partial charge in [-0.15, -0.1) is 0 Å². The number of hydrogen-bond acceptors (Lipinski definition) is 2. The molecule has 1 aliphatic rings. The predicted octanol–water partition coefficient (Wildman–Crippen LogP) is 2.39. The van der Waals surface area contributed by atoms with Crippen molar-refractivity contribution in [3.63, 3.8) is 0 Å². The topological polar surface area (TPSA) is 21.3 Å². The zero-order valence-electron chi connectivity index (χ0n) is 8.05. The van der Waals surface area contributed by atoms with Crippen LogP contribution in [0.2, 0.25) is 0 Å². The van der Waals surface area contributed by atoms with Gasteiger partial charge in [0, 0.05) is 12.2 Å². The zero-order valence-corrected chi connectivity index (χ0v) is 8.05. The predicted molar refractivity (Wildman–Crippen MR) is 54.7 cm³/mol. The minimum Gasteiger partial charge on any atom is -0.491 e. The first kappa shape index (κ1) is 9.31. The van der Waals surface area contributed by atoms with Crippen molar-refractivity contribution >= 4 is 5.69 Å². The van der Waals surface area contributed by atoms with Crippen LogP contribution in [0.5, 0.6) is 5.75 Å². The van der Waals surface area contributed by atoms with Crippen LogP contribution in [0.3, 0.4) is 0 Å². The van der Waals surface area contributed by atoms with E-state index < -0.39 is 6.67 Å². The van der Waals surface area contributed by atoms with Gasteiger partial charge < -0.3 is 10.1 Å². The number of rotatable bonds is 3. The average molecular weight is 195 g/mol. The van der Waals surface area contributed by atoms with Gasteiger partial charge in [-0.05, 0) is 36.6 Å². The molecule has 0 atom stereocenters. The van der Waals surface area contributed by atoms with E-state index in [-0.39, 0.29) is 6.61 Å². The molecule has 0 fully saturated rings. The first-order valence-corrected chi connectivity index (χ1v) is 4.96. The summed E-state index contributed by atoms with van der Waals surface area (Å²) in [6.45, 7) is 0.749. The fourth-order valence-electron chi connectivity index (χ4n) is 1.70. The number of nitrogens with one attached hydrogen (secondary N) is 1. The molecule has 3 heteroatoms. The highest BCUT2D eigenvalue weighted by Crippen LogP contribution is 2.26. The van der Waals surface area contributed by atoms with Crippen molar-refractivity contribution < 1.29 is 9.13 Å². The Morgan fingerprint density at radius 2 is 2.36 bits per heavy atom. The highest BCUT2D eigenvalue weighted by Gasteiger charge is 2.08. The molecule has 76 valence electrons. The van der Waals surface area contributed by atoms with Gasteiger partial charge >= 0.3 is 0 Å². The molecule has 1 aliphatic heterocycles. The van der Waals surface area contributed by atoms with E-state index in [1.807, 2.05) is 18.2 Å². The van der Waals surface area contributed by atoms with Crippen LogP contribution in [-0.4, -0.2) is 19.8 Å². The first-order chi connectivity index (χ1) is 6.90. The van der Waals surface area contributed by atoms with Crippen molar-refractivity contribution in [1.29, 1.82) is 0 Å². The van der Waals surface area contributed by atoms with E-state index in [9.17, 15) is 4.39 Å². The molecular formula is C11H14FNO. The van der Waals surface area contributed by atoms with Crippen LogP contribution in [0.25, 0.3) is 0 Å². The standard InChI is InChI=1S/C11H14FNO/c12-5-7-14-10-3-4-11-9(8-10)2-1-6-13-11/h3-4,8,13H,1-2,5-7H2. The summed E-state index contributed by atoms with van der Waals surface area (Å²) in [4.78, 5) is 0. The lowest BCUT2D eigenvalue weighted by Gasteiger charge is -2.18. The Kier molecular flexibility index (Phi) is 2.87. The summed E-state index contributed by atoms with van der Waals surface area (Å²) in [7, 11) is 0. The third-order valence-electron chi connectivity index (χ3n) is 2.36. The smallest absolute Gasteiger partial charge is 0.123 e. The van der Waals surface area contributed by atoms with Gasteiger partial charge in [-0.1, -0.05) is 0 Å². The molecule has 0 saturated heterocycles. The second-order valence-corrected chi connectivity index (χ2v) is 3.39. The summed E-state index contributed by atoms with van der Waals surface area (Å²) in [5.74, 6) is 0.769. The van der Waals surface area contributed by atoms with Gasteiger partial charge in [0.1, 0.15) is 19.0 Å². The molecule has 0 aliphatic carbocycles. The van der Waals surface area contributed by atoms with Gasteiger partial charge in [-0.2, -0.15) is 0 Å². The SMILES string of the molecule is FCCOc1ccc2c(c1)CCCN2. The van der Waals surface area contributed by atoms with Gasteiger partial charge in [-0.25, -0.2) is 4.39 Å². The lowest BCUT2D eigenvalue weighted by atomic mass is 10.0. The van der Waals surface area contributed by atoms with Crippen molar-refractivity contribution in [2.45, 2.75) is 12.8 Å². The van der Waals surface area contributed by atoms with Crippen LogP contribution in [0, 0.1) is 0 Å². The van der Waals surface area contributed by atoms with Crippen LogP contribution in [0.1, 0.15) is 12.0 Å². The molecule has 0 unspecified atom stereocenters. The molecule has 1 aromatic carbocycles. The average Bonchev–Trinajstić information content (AvgIpc) is 2.26. The van der Waals surface area contributed by atoms with Gasteiger partial charge in [0.2, 0.25) is 0 Å². The maximum atomic E-state index is 11.9. The minimum absolute atomic E-state index is 0.145. The summed E-state index contributed by atoms with van der Waals surface area (Å²) >= 11 is 0. The molecular weight excluding hydrogens is 181 g/mol. The van der Waals surface area contributed by atoms with E-state index in [0.29, 0.717) is 0 Å². The number of ether oxygens (including phenoxy) is 1. The van der Waals surface area contributed by atoms with Crippen molar-refractivity contribution in [3.05, 3.63) is 23.8 Å². The van der Waals surface area contributed by atoms with Crippen LogP contribution < -0.4 is 10.1 Å². The van der Waals surface area contributed by atoms with E-state index >= 15 is 0 Å². The van der Waals surface area contributed by atoms with Crippen LogP contribution in [-0.2, 0) is 6.42 Å². The minimum atomic E-state index is -0.435. The number of hydrogen-bond donors (Lipinski definition) is 1. The summed E-state index contributed by atoms with van der Waals surface area (Å²) in [5, 5.41) is 3.32. The van der Waals surface area contributed by atoms with Crippen molar-refractivity contribution in [2.24, 2.45) is 0 Å². The van der Waals surface area contributed by atoms with Crippen LogP contribution in [0.15, 0.2) is 18.2 Å². The Morgan fingerprint density at radius 1 is 1.43 bits per heavy atom. The highest BCUT2D eigenvalue weighted by atomic mass is 19.1. The van der Waals surface area contributed by atoms with Gasteiger partial charge in [0.15, 0.2) is 0 Å². The molecule has 1 N–H and O–H groups in total. The first-order valence-electron chi connectivity index (χ1n) is 4.96. The fourth-order valence-corrected chi connectivity index (χ4v) is 1.70. The van der Waals surface area contributed by atoms with Crippen LogP contribution >= 0.6 is 0 Å². The molecule has 0 aromatic heterocycles. The summed E-state index contributed by atoms with van der Waals surface area (Å²) in [6, 6.07) is 5.88. The number of anilines is 1. The molecule has 0 radical (unpaired) electrons. The fraction of sp³-hybridized carbons (Fsp3) is 0.455. The Hall–Kier alpha value is -1.25. The maximum absolute atomic E-state index is 11.9.